The van der Waals surface area contributed by atoms with Crippen molar-refractivity contribution in [1.82, 2.24) is 0 Å². The van der Waals surface area contributed by atoms with Crippen molar-refractivity contribution in [2.75, 3.05) is 39.5 Å². The molecule has 2 N–H and O–H groups in total. The molecule has 63 heavy (non-hydrogen) atoms. The first kappa shape index (κ1) is 49.3. The molecule has 0 aliphatic heterocycles. The molecule has 0 saturated carbocycles. The van der Waals surface area contributed by atoms with E-state index in [9.17, 15) is 28.8 Å². The number of carbonyl (C=O) groups is 6. The first-order valence-electron chi connectivity index (χ1n) is 21.3. The summed E-state index contributed by atoms with van der Waals surface area (Å²) in [6.45, 7) is 7.82. The molecule has 0 aliphatic carbocycles. The van der Waals surface area contributed by atoms with Crippen LogP contribution in [0.25, 0.3) is 0 Å². The third kappa shape index (κ3) is 20.9. The lowest BCUT2D eigenvalue weighted by Gasteiger charge is -2.18. The van der Waals surface area contributed by atoms with Crippen LogP contribution in [0.5, 0.6) is 0 Å². The van der Waals surface area contributed by atoms with E-state index in [1.54, 1.807) is 0 Å². The van der Waals surface area contributed by atoms with E-state index >= 15 is 0 Å². The van der Waals surface area contributed by atoms with Crippen LogP contribution in [0, 0.1) is 27.7 Å². The number of aryl methyl sites for hydroxylation is 4. The molecule has 4 aromatic carbocycles. The Hall–Kier alpha value is -6.34. The average Bonchev–Trinajstić information content (AvgIpc) is 3.25. The van der Waals surface area contributed by atoms with Gasteiger partial charge in [0.05, 0.1) is 51.6 Å². The molecule has 13 heteroatoms. The molecule has 0 atom stereocenters. The van der Waals surface area contributed by atoms with Crippen LogP contribution in [-0.2, 0) is 82.9 Å². The number of carbonyl (C=O) groups excluding carboxylic acids is 6. The van der Waals surface area contributed by atoms with Gasteiger partial charge in [0.2, 0.25) is 0 Å². The molecule has 0 radical (unpaired) electrons. The molecule has 13 nitrogen and oxygen atoms in total. The van der Waals surface area contributed by atoms with Gasteiger partial charge in [-0.25, -0.2) is 0 Å². The topological polar surface area (TPSA) is 174 Å². The van der Waals surface area contributed by atoms with Gasteiger partial charge < -0.3 is 33.7 Å². The van der Waals surface area contributed by atoms with E-state index in [0.717, 1.165) is 44.5 Å². The first-order chi connectivity index (χ1) is 30.3. The molecule has 0 unspecified atom stereocenters. The van der Waals surface area contributed by atoms with Gasteiger partial charge in [0.1, 0.15) is 26.4 Å². The molecular formula is C50H60NO12+. The summed E-state index contributed by atoms with van der Waals surface area (Å²) in [4.78, 5) is 76.0. The summed E-state index contributed by atoms with van der Waals surface area (Å²) in [5.41, 5.74) is 7.37. The predicted octanol–water partition coefficient (Wildman–Crippen LogP) is 5.31. The second-order valence-electron chi connectivity index (χ2n) is 15.7. The number of quaternary nitrogens is 1. The molecule has 0 amide bonds. The molecule has 0 aliphatic rings. The van der Waals surface area contributed by atoms with Crippen LogP contribution in [0.4, 0.5) is 0 Å². The maximum atomic E-state index is 12.8. The van der Waals surface area contributed by atoms with Gasteiger partial charge in [-0.05, 0) is 49.9 Å². The molecule has 0 spiro atoms. The zero-order chi connectivity index (χ0) is 45.4. The van der Waals surface area contributed by atoms with Gasteiger partial charge in [-0.3, -0.25) is 28.8 Å². The maximum absolute atomic E-state index is 12.8. The van der Waals surface area contributed by atoms with E-state index in [1.807, 2.05) is 130 Å². The normalized spacial score (nSPS) is 10.9. The second-order valence-corrected chi connectivity index (χ2v) is 15.7. The highest BCUT2D eigenvalue weighted by Gasteiger charge is 2.22. The average molecular weight is 867 g/mol. The number of esters is 6. The van der Waals surface area contributed by atoms with E-state index in [0.29, 0.717) is 25.9 Å². The Morgan fingerprint density at radius 1 is 0.381 bits per heavy atom. The van der Waals surface area contributed by atoms with E-state index in [2.05, 4.69) is 0 Å². The van der Waals surface area contributed by atoms with E-state index in [4.69, 9.17) is 28.4 Å². The van der Waals surface area contributed by atoms with Crippen molar-refractivity contribution in [1.29, 1.82) is 0 Å². The van der Waals surface area contributed by atoms with Crippen molar-refractivity contribution < 1.29 is 62.5 Å². The van der Waals surface area contributed by atoms with E-state index < -0.39 is 48.0 Å². The van der Waals surface area contributed by atoms with Gasteiger partial charge >= 0.3 is 35.8 Å². The molecule has 0 saturated heterocycles. The van der Waals surface area contributed by atoms with Gasteiger partial charge in [0.15, 0.2) is 12.2 Å². The monoisotopic (exact) mass is 866 g/mol. The number of benzene rings is 4. The summed E-state index contributed by atoms with van der Waals surface area (Å²) in [5.74, 6) is -3.09. The summed E-state index contributed by atoms with van der Waals surface area (Å²) in [6.07, 6.45) is -0.779. The molecule has 4 rings (SSSR count). The number of ether oxygens (including phenoxy) is 6. The minimum absolute atomic E-state index is 0.0388. The molecule has 0 aromatic heterocycles. The largest absolute Gasteiger partial charge is 0.461 e. The number of nitrogens with two attached hydrogens (primary N) is 1. The van der Waals surface area contributed by atoms with Crippen LogP contribution >= 0.6 is 0 Å². The quantitative estimate of drug-likeness (QED) is 0.0490. The van der Waals surface area contributed by atoms with Gasteiger partial charge in [0, 0.05) is 12.8 Å². The van der Waals surface area contributed by atoms with Gasteiger partial charge in [-0.15, -0.1) is 0 Å². The summed E-state index contributed by atoms with van der Waals surface area (Å²) in [6, 6.07) is 29.9. The number of hydrogen-bond donors (Lipinski definition) is 1. The van der Waals surface area contributed by atoms with E-state index in [1.165, 1.54) is 0 Å². The lowest BCUT2D eigenvalue weighted by molar-refractivity contribution is -0.655. The fourth-order valence-electron chi connectivity index (χ4n) is 6.09. The van der Waals surface area contributed by atoms with Crippen molar-refractivity contribution in [3.05, 3.63) is 142 Å². The van der Waals surface area contributed by atoms with Crippen molar-refractivity contribution in [3.8, 4) is 0 Å². The SMILES string of the molecule is Cc1ccc(CC(=O)OCC(COC(=O)Cc2ccc(C)cc2)OC(=O)CCC[NH2+]CCCC(=O)OC(COC(=O)Cc2ccc(C)cc2)COC(=O)Cc2ccc(C)cc2)cc1. The summed E-state index contributed by atoms with van der Waals surface area (Å²) >= 11 is 0. The zero-order valence-corrected chi connectivity index (χ0v) is 36.8. The molecule has 0 fully saturated rings. The van der Waals surface area contributed by atoms with Gasteiger partial charge in [-0.1, -0.05) is 119 Å². The van der Waals surface area contributed by atoms with Crippen molar-refractivity contribution in [3.63, 3.8) is 0 Å². The van der Waals surface area contributed by atoms with Crippen molar-refractivity contribution >= 4 is 35.8 Å². The van der Waals surface area contributed by atoms with Crippen LogP contribution in [0.1, 0.15) is 70.2 Å². The predicted molar refractivity (Wildman–Crippen MR) is 233 cm³/mol. The Kier molecular flexibility index (Phi) is 21.0. The Morgan fingerprint density at radius 3 is 0.857 bits per heavy atom. The highest BCUT2D eigenvalue weighted by Crippen LogP contribution is 2.11. The lowest BCUT2D eigenvalue weighted by atomic mass is 10.1. The van der Waals surface area contributed by atoms with Crippen LogP contribution in [0.15, 0.2) is 97.1 Å². The van der Waals surface area contributed by atoms with Crippen LogP contribution in [-0.4, -0.2) is 87.5 Å². The van der Waals surface area contributed by atoms with Crippen LogP contribution in [0.2, 0.25) is 0 Å². The highest BCUT2D eigenvalue weighted by atomic mass is 16.6. The third-order valence-corrected chi connectivity index (χ3v) is 9.77. The Morgan fingerprint density at radius 2 is 0.619 bits per heavy atom. The first-order valence-corrected chi connectivity index (χ1v) is 21.3. The smallest absolute Gasteiger partial charge is 0.310 e. The minimum Gasteiger partial charge on any atom is -0.461 e. The minimum atomic E-state index is -0.992. The van der Waals surface area contributed by atoms with Crippen LogP contribution < -0.4 is 5.32 Å². The molecule has 4 aromatic rings. The van der Waals surface area contributed by atoms with Crippen molar-refractivity contribution in [2.45, 2.75) is 91.3 Å². The summed E-state index contributed by atoms with van der Waals surface area (Å²) < 4.78 is 32.8. The molecule has 0 heterocycles. The molecular weight excluding hydrogens is 807 g/mol. The van der Waals surface area contributed by atoms with Crippen LogP contribution in [0.3, 0.4) is 0 Å². The highest BCUT2D eigenvalue weighted by molar-refractivity contribution is 5.75. The summed E-state index contributed by atoms with van der Waals surface area (Å²) in [5, 5.41) is 1.95. The Labute approximate surface area is 369 Å². The van der Waals surface area contributed by atoms with Gasteiger partial charge in [0.25, 0.3) is 0 Å². The lowest BCUT2D eigenvalue weighted by Crippen LogP contribution is -2.84. The number of hydrogen-bond acceptors (Lipinski definition) is 12. The standard InChI is InChI=1S/C50H59NO12/c1-35-9-17-39(18-10-35)27-47(54)58-31-43(32-59-48(55)28-40-19-11-36(2)12-20-40)62-45(52)7-5-25-51-26-6-8-46(53)63-44(33-60-49(56)29-41-21-13-37(3)14-22-41)34-61-50(57)30-42-23-15-38(4)16-24-42/h9-24,43-44,51H,5-8,25-34H2,1-4H3/p+1. The third-order valence-electron chi connectivity index (χ3n) is 9.77. The number of rotatable bonds is 26. The van der Waals surface area contributed by atoms with Gasteiger partial charge in [-0.2, -0.15) is 0 Å². The fourth-order valence-corrected chi connectivity index (χ4v) is 6.09. The van der Waals surface area contributed by atoms with Crippen molar-refractivity contribution in [2.24, 2.45) is 0 Å². The fraction of sp³-hybridized carbons (Fsp3) is 0.400. The molecule has 0 bridgehead atoms. The molecule has 336 valence electrons. The zero-order valence-electron chi connectivity index (χ0n) is 36.8. The summed E-state index contributed by atoms with van der Waals surface area (Å²) in [7, 11) is 0. The Bertz CT molecular complexity index is 1790. The maximum Gasteiger partial charge on any atom is 0.310 e. The second kappa shape index (κ2) is 26.9. The Balaban J connectivity index is 1.17. The van der Waals surface area contributed by atoms with E-state index in [-0.39, 0.29) is 65.0 Å².